The summed E-state index contributed by atoms with van der Waals surface area (Å²) in [7, 11) is 0. The molecule has 0 spiro atoms. The van der Waals surface area contributed by atoms with E-state index in [1.54, 1.807) is 42.5 Å². The van der Waals surface area contributed by atoms with Gasteiger partial charge in [0.1, 0.15) is 29.8 Å². The van der Waals surface area contributed by atoms with Crippen molar-refractivity contribution in [2.75, 3.05) is 5.32 Å². The van der Waals surface area contributed by atoms with Crippen LogP contribution in [0.3, 0.4) is 0 Å². The minimum absolute atomic E-state index is 0.0894. The largest absolute Gasteiger partial charge is 0.488 e. The molecule has 0 atom stereocenters. The Bertz CT molecular complexity index is 1130. The molecule has 6 heteroatoms. The molecule has 3 aromatic carbocycles. The molecule has 0 aliphatic rings. The van der Waals surface area contributed by atoms with Gasteiger partial charge in [0.15, 0.2) is 0 Å². The predicted octanol–water partition coefficient (Wildman–Crippen LogP) is 6.17. The maximum atomic E-state index is 13.1. The number of nitrogens with zero attached hydrogens (tertiary/aromatic N) is 1. The number of benzene rings is 3. The molecule has 0 aliphatic heterocycles. The second-order valence-electron chi connectivity index (χ2n) is 6.77. The first-order valence-corrected chi connectivity index (χ1v) is 10.0. The van der Waals surface area contributed by atoms with Crippen molar-refractivity contribution in [2.24, 2.45) is 0 Å². The zero-order valence-corrected chi connectivity index (χ0v) is 17.6. The zero-order valence-electron chi connectivity index (χ0n) is 16.9. The molecule has 1 N–H and O–H groups in total. The number of ether oxygens (including phenoxy) is 1. The Morgan fingerprint density at radius 3 is 2.42 bits per heavy atom. The van der Waals surface area contributed by atoms with Crippen LogP contribution in [0.25, 0.3) is 6.08 Å². The molecule has 4 nitrogen and oxygen atoms in total. The molecule has 0 aliphatic carbocycles. The summed E-state index contributed by atoms with van der Waals surface area (Å²) < 4.78 is 18.9. The summed E-state index contributed by atoms with van der Waals surface area (Å²) in [6, 6.07) is 20.2. The average Bonchev–Trinajstić information content (AvgIpc) is 2.78. The van der Waals surface area contributed by atoms with E-state index in [0.29, 0.717) is 22.0 Å². The van der Waals surface area contributed by atoms with Crippen molar-refractivity contribution in [2.45, 2.75) is 20.0 Å². The smallest absolute Gasteiger partial charge is 0.266 e. The monoisotopic (exact) mass is 434 g/mol. The summed E-state index contributed by atoms with van der Waals surface area (Å²) in [6.07, 6.45) is 2.33. The zero-order chi connectivity index (χ0) is 22.2. The van der Waals surface area contributed by atoms with Gasteiger partial charge < -0.3 is 10.1 Å². The molecule has 156 valence electrons. The van der Waals surface area contributed by atoms with Crippen molar-refractivity contribution in [1.82, 2.24) is 0 Å². The van der Waals surface area contributed by atoms with E-state index in [4.69, 9.17) is 16.3 Å². The minimum Gasteiger partial charge on any atom is -0.488 e. The first kappa shape index (κ1) is 22.1. The van der Waals surface area contributed by atoms with Crippen molar-refractivity contribution in [3.63, 3.8) is 0 Å². The molecule has 3 aromatic rings. The fourth-order valence-electron chi connectivity index (χ4n) is 2.83. The number of nitrogens with one attached hydrogen (secondary N) is 1. The number of halogens is 2. The Hall–Kier alpha value is -3.62. The lowest BCUT2D eigenvalue weighted by Crippen LogP contribution is -2.13. The van der Waals surface area contributed by atoms with Crippen molar-refractivity contribution >= 4 is 29.3 Å². The van der Waals surface area contributed by atoms with Crippen molar-refractivity contribution in [3.05, 3.63) is 99.8 Å². The summed E-state index contributed by atoms with van der Waals surface area (Å²) in [5, 5.41) is 12.7. The van der Waals surface area contributed by atoms with Crippen LogP contribution in [0.2, 0.25) is 5.02 Å². The maximum absolute atomic E-state index is 13.1. The van der Waals surface area contributed by atoms with Crippen molar-refractivity contribution in [3.8, 4) is 11.8 Å². The molecule has 3 rings (SSSR count). The van der Waals surface area contributed by atoms with Crippen molar-refractivity contribution in [1.29, 1.82) is 5.26 Å². The Kier molecular flexibility index (Phi) is 7.42. The van der Waals surface area contributed by atoms with Crippen LogP contribution in [-0.4, -0.2) is 5.91 Å². The summed E-state index contributed by atoms with van der Waals surface area (Å²) >= 11 is 6.11. The number of hydrogen-bond donors (Lipinski definition) is 1. The Morgan fingerprint density at radius 2 is 1.77 bits per heavy atom. The van der Waals surface area contributed by atoms with Crippen LogP contribution in [0.4, 0.5) is 10.1 Å². The molecule has 31 heavy (non-hydrogen) atoms. The molecule has 1 amide bonds. The number of anilines is 1. The van der Waals surface area contributed by atoms with Crippen molar-refractivity contribution < 1.29 is 13.9 Å². The fraction of sp³-hybridized carbons (Fsp3) is 0.120. The summed E-state index contributed by atoms with van der Waals surface area (Å²) in [5.41, 5.74) is 2.93. The van der Waals surface area contributed by atoms with Gasteiger partial charge in [-0.1, -0.05) is 42.8 Å². The topological polar surface area (TPSA) is 62.1 Å². The van der Waals surface area contributed by atoms with Crippen LogP contribution in [-0.2, 0) is 17.8 Å². The van der Waals surface area contributed by atoms with Gasteiger partial charge in [0.2, 0.25) is 0 Å². The molecular weight excluding hydrogens is 415 g/mol. The van der Waals surface area contributed by atoms with Gasteiger partial charge in [-0.2, -0.15) is 5.26 Å². The third-order valence-electron chi connectivity index (χ3n) is 4.56. The minimum atomic E-state index is -0.531. The number of amides is 1. The van der Waals surface area contributed by atoms with Crippen LogP contribution < -0.4 is 10.1 Å². The van der Waals surface area contributed by atoms with Crippen LogP contribution >= 0.6 is 11.6 Å². The first-order chi connectivity index (χ1) is 15.0. The predicted molar refractivity (Wildman–Crippen MR) is 120 cm³/mol. The van der Waals surface area contributed by atoms with E-state index < -0.39 is 5.91 Å². The second kappa shape index (κ2) is 10.4. The number of hydrogen-bond acceptors (Lipinski definition) is 3. The fourth-order valence-corrected chi connectivity index (χ4v) is 3.01. The number of carbonyl (C=O) groups excluding carboxylic acids is 1. The van der Waals surface area contributed by atoms with Gasteiger partial charge in [0, 0.05) is 16.3 Å². The van der Waals surface area contributed by atoms with E-state index in [0.717, 1.165) is 17.5 Å². The molecule has 0 fully saturated rings. The molecular formula is C25H20ClFN2O2. The highest BCUT2D eigenvalue weighted by atomic mass is 35.5. The molecule has 0 unspecified atom stereocenters. The normalized spacial score (nSPS) is 11.0. The molecule has 0 aromatic heterocycles. The number of nitriles is 1. The summed E-state index contributed by atoms with van der Waals surface area (Å²) in [5.74, 6) is -0.411. The van der Waals surface area contributed by atoms with E-state index >= 15 is 0 Å². The summed E-state index contributed by atoms with van der Waals surface area (Å²) in [4.78, 5) is 12.6. The van der Waals surface area contributed by atoms with Crippen LogP contribution in [0.1, 0.15) is 23.6 Å². The highest BCUT2D eigenvalue weighted by Crippen LogP contribution is 2.26. The number of carbonyl (C=O) groups is 1. The third kappa shape index (κ3) is 6.18. The molecule has 0 heterocycles. The second-order valence-corrected chi connectivity index (χ2v) is 7.21. The van der Waals surface area contributed by atoms with Crippen LogP contribution in [0, 0.1) is 17.1 Å². The van der Waals surface area contributed by atoms with E-state index in [9.17, 15) is 14.4 Å². The standard InChI is InChI=1S/C25H20ClFN2O2/c1-2-17-5-10-23(11-6-17)29-25(30)20(15-28)13-19-14-21(26)7-12-24(19)31-16-18-3-8-22(27)9-4-18/h3-14H,2,16H2,1H3,(H,29,30)/b20-13+. The summed E-state index contributed by atoms with van der Waals surface area (Å²) in [6.45, 7) is 2.24. The molecule has 0 saturated carbocycles. The quantitative estimate of drug-likeness (QED) is 0.357. The van der Waals surface area contributed by atoms with Crippen LogP contribution in [0.15, 0.2) is 72.3 Å². The molecule has 0 bridgehead atoms. The lowest BCUT2D eigenvalue weighted by Gasteiger charge is -2.11. The molecule has 0 saturated heterocycles. The highest BCUT2D eigenvalue weighted by Gasteiger charge is 2.12. The SMILES string of the molecule is CCc1ccc(NC(=O)/C(C#N)=C/c2cc(Cl)ccc2OCc2ccc(F)cc2)cc1. The van der Waals surface area contributed by atoms with Gasteiger partial charge in [-0.05, 0) is 66.1 Å². The van der Waals surface area contributed by atoms with E-state index in [-0.39, 0.29) is 18.0 Å². The van der Waals surface area contributed by atoms with Gasteiger partial charge in [0.05, 0.1) is 0 Å². The highest BCUT2D eigenvalue weighted by molar-refractivity contribution is 6.30. The van der Waals surface area contributed by atoms with Gasteiger partial charge in [0.25, 0.3) is 5.91 Å². The van der Waals surface area contributed by atoms with Gasteiger partial charge in [-0.3, -0.25) is 4.79 Å². The first-order valence-electron chi connectivity index (χ1n) is 9.67. The Balaban J connectivity index is 1.80. The van der Waals surface area contributed by atoms with E-state index in [1.807, 2.05) is 25.1 Å². The van der Waals surface area contributed by atoms with Gasteiger partial charge >= 0.3 is 0 Å². The number of rotatable bonds is 7. The molecule has 0 radical (unpaired) electrons. The van der Waals surface area contributed by atoms with Gasteiger partial charge in [-0.15, -0.1) is 0 Å². The number of aryl methyl sites for hydroxylation is 1. The average molecular weight is 435 g/mol. The maximum Gasteiger partial charge on any atom is 0.266 e. The Morgan fingerprint density at radius 1 is 1.10 bits per heavy atom. The Labute approximate surface area is 185 Å². The lowest BCUT2D eigenvalue weighted by atomic mass is 10.1. The lowest BCUT2D eigenvalue weighted by molar-refractivity contribution is -0.112. The van der Waals surface area contributed by atoms with E-state index in [2.05, 4.69) is 5.32 Å². The third-order valence-corrected chi connectivity index (χ3v) is 4.80. The van der Waals surface area contributed by atoms with Gasteiger partial charge in [-0.25, -0.2) is 4.39 Å². The van der Waals surface area contributed by atoms with E-state index in [1.165, 1.54) is 18.2 Å². The van der Waals surface area contributed by atoms with Crippen LogP contribution in [0.5, 0.6) is 5.75 Å².